The third kappa shape index (κ3) is 7.31. The molecular weight excluding hydrogens is 530 g/mol. The molecular formula is C30H32F2N6O3. The minimum atomic E-state index is -0.731. The van der Waals surface area contributed by atoms with Crippen LogP contribution in [0.4, 0.5) is 26.0 Å². The SMILES string of the molecule is CCOc1cc(F)c(CNc2ccccc2C(=N)c2ncc(OCCCO)c(Nc3cc(C)ncc3C)n2)c(F)c1. The highest BCUT2D eigenvalue weighted by Gasteiger charge is 2.18. The van der Waals surface area contributed by atoms with Crippen molar-refractivity contribution in [3.8, 4) is 11.5 Å². The van der Waals surface area contributed by atoms with Gasteiger partial charge in [-0.2, -0.15) is 0 Å². The van der Waals surface area contributed by atoms with E-state index in [0.717, 1.165) is 29.1 Å². The molecule has 4 rings (SSSR count). The Balaban J connectivity index is 1.62. The van der Waals surface area contributed by atoms with Gasteiger partial charge in [0.1, 0.15) is 23.1 Å². The Labute approximate surface area is 237 Å². The molecule has 2 aromatic carbocycles. The van der Waals surface area contributed by atoms with Crippen LogP contribution in [0, 0.1) is 30.9 Å². The third-order valence-electron chi connectivity index (χ3n) is 6.11. The summed E-state index contributed by atoms with van der Waals surface area (Å²) in [6.07, 6.45) is 3.64. The summed E-state index contributed by atoms with van der Waals surface area (Å²) < 4.78 is 40.3. The first kappa shape index (κ1) is 29.3. The summed E-state index contributed by atoms with van der Waals surface area (Å²) in [6.45, 7) is 5.89. The van der Waals surface area contributed by atoms with Gasteiger partial charge in [-0.3, -0.25) is 10.4 Å². The first-order chi connectivity index (χ1) is 19.8. The van der Waals surface area contributed by atoms with Crippen molar-refractivity contribution in [3.05, 3.63) is 94.7 Å². The molecule has 0 fully saturated rings. The fourth-order valence-corrected chi connectivity index (χ4v) is 3.98. The van der Waals surface area contributed by atoms with E-state index >= 15 is 0 Å². The fourth-order valence-electron chi connectivity index (χ4n) is 3.98. The average molecular weight is 563 g/mol. The molecule has 0 spiro atoms. The molecule has 41 heavy (non-hydrogen) atoms. The molecule has 9 nitrogen and oxygen atoms in total. The highest BCUT2D eigenvalue weighted by molar-refractivity contribution is 6.12. The summed E-state index contributed by atoms with van der Waals surface area (Å²) >= 11 is 0. The molecule has 0 aliphatic rings. The Morgan fingerprint density at radius 1 is 1.00 bits per heavy atom. The van der Waals surface area contributed by atoms with E-state index in [2.05, 4.69) is 25.6 Å². The minimum Gasteiger partial charge on any atom is -0.494 e. The summed E-state index contributed by atoms with van der Waals surface area (Å²) in [7, 11) is 0. The maximum Gasteiger partial charge on any atom is 0.180 e. The van der Waals surface area contributed by atoms with E-state index < -0.39 is 11.6 Å². The predicted octanol–water partition coefficient (Wildman–Crippen LogP) is 5.70. The van der Waals surface area contributed by atoms with E-state index in [1.165, 1.54) is 6.20 Å². The van der Waals surface area contributed by atoms with Gasteiger partial charge in [-0.1, -0.05) is 18.2 Å². The van der Waals surface area contributed by atoms with Crippen molar-refractivity contribution in [2.24, 2.45) is 0 Å². The molecule has 0 radical (unpaired) electrons. The number of aliphatic hydroxyl groups is 1. The van der Waals surface area contributed by atoms with Crippen LogP contribution < -0.4 is 20.1 Å². The van der Waals surface area contributed by atoms with E-state index in [0.29, 0.717) is 35.8 Å². The Bertz CT molecular complexity index is 1510. The lowest BCUT2D eigenvalue weighted by Crippen LogP contribution is -2.14. The molecule has 0 atom stereocenters. The summed E-state index contributed by atoms with van der Waals surface area (Å²) in [5.41, 5.74) is 3.22. The Kier molecular flexibility index (Phi) is 9.75. The largest absolute Gasteiger partial charge is 0.494 e. The molecule has 0 aliphatic heterocycles. The number of aromatic nitrogens is 3. The lowest BCUT2D eigenvalue weighted by atomic mass is 10.1. The molecule has 11 heteroatoms. The van der Waals surface area contributed by atoms with E-state index in [9.17, 15) is 8.78 Å². The van der Waals surface area contributed by atoms with E-state index in [4.69, 9.17) is 20.0 Å². The molecule has 0 bridgehead atoms. The van der Waals surface area contributed by atoms with Gasteiger partial charge in [-0.15, -0.1) is 0 Å². The lowest BCUT2D eigenvalue weighted by Gasteiger charge is -2.16. The molecule has 0 saturated heterocycles. The number of nitrogens with zero attached hydrogens (tertiary/aromatic N) is 3. The van der Waals surface area contributed by atoms with Gasteiger partial charge in [0, 0.05) is 66.1 Å². The maximum atomic E-state index is 14.6. The van der Waals surface area contributed by atoms with Gasteiger partial charge in [0.15, 0.2) is 17.4 Å². The van der Waals surface area contributed by atoms with Crippen LogP contribution in [0.15, 0.2) is 54.9 Å². The van der Waals surface area contributed by atoms with Gasteiger partial charge in [-0.25, -0.2) is 18.7 Å². The van der Waals surface area contributed by atoms with Gasteiger partial charge < -0.3 is 25.2 Å². The van der Waals surface area contributed by atoms with Crippen LogP contribution in [0.2, 0.25) is 0 Å². The van der Waals surface area contributed by atoms with E-state index in [1.54, 1.807) is 37.4 Å². The Morgan fingerprint density at radius 3 is 2.49 bits per heavy atom. The standard InChI is InChI=1S/C30H32F2N6O3/c1-4-40-20-13-23(31)22(24(32)14-20)16-35-25-9-6-5-8-21(25)28(33)30-36-17-27(41-11-7-10-39)29(38-30)37-26-12-19(3)34-15-18(26)2/h5-6,8-9,12-15,17,33,35,39H,4,7,10-11,16H2,1-3H3,(H,34,36,37,38). The van der Waals surface area contributed by atoms with Gasteiger partial charge in [0.2, 0.25) is 0 Å². The smallest absolute Gasteiger partial charge is 0.180 e. The second kappa shape index (κ2) is 13.6. The first-order valence-electron chi connectivity index (χ1n) is 13.1. The molecule has 0 saturated carbocycles. The zero-order chi connectivity index (χ0) is 29.4. The zero-order valence-corrected chi connectivity index (χ0v) is 23.1. The monoisotopic (exact) mass is 562 g/mol. The number of aryl methyl sites for hydroxylation is 2. The fraction of sp³-hybridized carbons (Fsp3) is 0.267. The summed E-state index contributed by atoms with van der Waals surface area (Å²) in [5.74, 6) is -0.530. The van der Waals surface area contributed by atoms with Crippen molar-refractivity contribution in [3.63, 3.8) is 0 Å². The highest BCUT2D eigenvalue weighted by atomic mass is 19.1. The molecule has 0 aliphatic carbocycles. The van der Waals surface area contributed by atoms with Crippen LogP contribution in [-0.4, -0.2) is 45.6 Å². The maximum absolute atomic E-state index is 14.6. The number of benzene rings is 2. The van der Waals surface area contributed by atoms with Crippen molar-refractivity contribution < 1.29 is 23.4 Å². The zero-order valence-electron chi connectivity index (χ0n) is 23.1. The number of para-hydroxylation sites is 1. The second-order valence-corrected chi connectivity index (χ2v) is 9.17. The Morgan fingerprint density at radius 2 is 1.76 bits per heavy atom. The number of hydrogen-bond acceptors (Lipinski definition) is 9. The molecule has 0 amide bonds. The van der Waals surface area contributed by atoms with Crippen LogP contribution in [0.5, 0.6) is 11.5 Å². The summed E-state index contributed by atoms with van der Waals surface area (Å²) in [4.78, 5) is 13.2. The number of nitrogens with one attached hydrogen (secondary N) is 3. The number of pyridine rings is 1. The number of halogens is 2. The minimum absolute atomic E-state index is 0.00618. The second-order valence-electron chi connectivity index (χ2n) is 9.17. The predicted molar refractivity (Wildman–Crippen MR) is 153 cm³/mol. The van der Waals surface area contributed by atoms with Crippen molar-refractivity contribution >= 4 is 22.9 Å². The highest BCUT2D eigenvalue weighted by Crippen LogP contribution is 2.29. The van der Waals surface area contributed by atoms with Crippen LogP contribution in [0.1, 0.15) is 41.6 Å². The third-order valence-corrected chi connectivity index (χ3v) is 6.11. The summed E-state index contributed by atoms with van der Waals surface area (Å²) in [6, 6.07) is 11.1. The van der Waals surface area contributed by atoms with E-state index in [-0.39, 0.29) is 42.6 Å². The summed E-state index contributed by atoms with van der Waals surface area (Å²) in [5, 5.41) is 24.4. The van der Waals surface area contributed by atoms with Gasteiger partial charge >= 0.3 is 0 Å². The quantitative estimate of drug-likeness (QED) is 0.121. The van der Waals surface area contributed by atoms with Crippen molar-refractivity contribution in [1.29, 1.82) is 5.41 Å². The van der Waals surface area contributed by atoms with Crippen LogP contribution in [0.25, 0.3) is 0 Å². The molecule has 4 N–H and O–H groups in total. The van der Waals surface area contributed by atoms with Gasteiger partial charge in [0.25, 0.3) is 0 Å². The van der Waals surface area contributed by atoms with Crippen LogP contribution >= 0.6 is 0 Å². The van der Waals surface area contributed by atoms with Gasteiger partial charge in [0.05, 0.1) is 19.4 Å². The van der Waals surface area contributed by atoms with Crippen molar-refractivity contribution in [2.75, 3.05) is 30.5 Å². The molecule has 0 unspecified atom stereocenters. The Hall–Kier alpha value is -4.64. The number of aliphatic hydroxyl groups excluding tert-OH is 1. The lowest BCUT2D eigenvalue weighted by molar-refractivity contribution is 0.233. The normalized spacial score (nSPS) is 10.8. The van der Waals surface area contributed by atoms with Crippen molar-refractivity contribution in [1.82, 2.24) is 15.0 Å². The van der Waals surface area contributed by atoms with E-state index in [1.807, 2.05) is 19.9 Å². The number of hydrogen-bond donors (Lipinski definition) is 4. The van der Waals surface area contributed by atoms with Crippen molar-refractivity contribution in [2.45, 2.75) is 33.7 Å². The van der Waals surface area contributed by atoms with Gasteiger partial charge in [-0.05, 0) is 38.5 Å². The first-order valence-corrected chi connectivity index (χ1v) is 13.1. The number of anilines is 3. The van der Waals surface area contributed by atoms with Crippen LogP contribution in [-0.2, 0) is 6.54 Å². The molecule has 2 heterocycles. The van der Waals surface area contributed by atoms with Crippen LogP contribution in [0.3, 0.4) is 0 Å². The molecule has 214 valence electrons. The molecule has 4 aromatic rings. The topological polar surface area (TPSA) is 125 Å². The molecule has 2 aromatic heterocycles. The average Bonchev–Trinajstić information content (AvgIpc) is 2.95. The number of ether oxygens (including phenoxy) is 2. The number of rotatable bonds is 13.